The van der Waals surface area contributed by atoms with Gasteiger partial charge in [-0.05, 0) is 53.0 Å². The molecule has 1 rings (SSSR count). The van der Waals surface area contributed by atoms with E-state index in [-0.39, 0.29) is 6.04 Å². The van der Waals surface area contributed by atoms with Crippen LogP contribution in [0.15, 0.2) is 0 Å². The summed E-state index contributed by atoms with van der Waals surface area (Å²) in [4.78, 5) is 2.39. The molecular formula is C13H25N3. The average Bonchev–Trinajstić information content (AvgIpc) is 3.05. The van der Waals surface area contributed by atoms with E-state index in [2.05, 4.69) is 44.1 Å². The van der Waals surface area contributed by atoms with Crippen LogP contribution in [0.5, 0.6) is 0 Å². The van der Waals surface area contributed by atoms with Crippen LogP contribution in [0.25, 0.3) is 0 Å². The van der Waals surface area contributed by atoms with E-state index < -0.39 is 0 Å². The van der Waals surface area contributed by atoms with Crippen LogP contribution in [0.3, 0.4) is 0 Å². The van der Waals surface area contributed by atoms with Crippen molar-refractivity contribution in [2.45, 2.75) is 58.2 Å². The second-order valence-electron chi connectivity index (χ2n) is 5.35. The molecule has 0 aliphatic heterocycles. The summed E-state index contributed by atoms with van der Waals surface area (Å²) in [6, 6.07) is 3.39. The zero-order chi connectivity index (χ0) is 12.1. The lowest BCUT2D eigenvalue weighted by Gasteiger charge is -2.26. The number of hydrogen-bond acceptors (Lipinski definition) is 3. The molecule has 16 heavy (non-hydrogen) atoms. The van der Waals surface area contributed by atoms with Crippen molar-refractivity contribution in [2.24, 2.45) is 5.92 Å². The van der Waals surface area contributed by atoms with E-state index in [0.717, 1.165) is 18.9 Å². The van der Waals surface area contributed by atoms with Crippen LogP contribution in [0.4, 0.5) is 0 Å². The second-order valence-corrected chi connectivity index (χ2v) is 5.35. The summed E-state index contributed by atoms with van der Waals surface area (Å²) >= 11 is 0. The van der Waals surface area contributed by atoms with Gasteiger partial charge in [-0.1, -0.05) is 0 Å². The quantitative estimate of drug-likeness (QED) is 0.717. The molecule has 0 aromatic heterocycles. The minimum atomic E-state index is -0.00569. The zero-order valence-corrected chi connectivity index (χ0v) is 11.0. The molecule has 0 radical (unpaired) electrons. The second kappa shape index (κ2) is 6.22. The van der Waals surface area contributed by atoms with Gasteiger partial charge in [0.1, 0.15) is 0 Å². The van der Waals surface area contributed by atoms with Gasteiger partial charge in [0.05, 0.1) is 12.1 Å². The van der Waals surface area contributed by atoms with Gasteiger partial charge in [0.2, 0.25) is 0 Å². The molecule has 1 fully saturated rings. The fourth-order valence-corrected chi connectivity index (χ4v) is 2.06. The lowest BCUT2D eigenvalue weighted by Crippen LogP contribution is -2.38. The van der Waals surface area contributed by atoms with Crippen molar-refractivity contribution >= 4 is 0 Å². The van der Waals surface area contributed by atoms with Crippen LogP contribution in [-0.2, 0) is 0 Å². The lowest BCUT2D eigenvalue weighted by atomic mass is 10.1. The maximum absolute atomic E-state index is 9.02. The maximum atomic E-state index is 9.02. The highest BCUT2D eigenvalue weighted by molar-refractivity contribution is 4.92. The van der Waals surface area contributed by atoms with Crippen molar-refractivity contribution < 1.29 is 0 Å². The Labute approximate surface area is 99.8 Å². The van der Waals surface area contributed by atoms with Crippen molar-refractivity contribution in [2.75, 3.05) is 13.6 Å². The van der Waals surface area contributed by atoms with Crippen LogP contribution in [0, 0.1) is 17.2 Å². The van der Waals surface area contributed by atoms with Gasteiger partial charge in [-0.15, -0.1) is 0 Å². The van der Waals surface area contributed by atoms with Gasteiger partial charge >= 0.3 is 0 Å². The third-order valence-electron chi connectivity index (χ3n) is 3.46. The molecule has 0 aromatic rings. The van der Waals surface area contributed by atoms with Crippen LogP contribution in [0.1, 0.15) is 40.0 Å². The van der Waals surface area contributed by atoms with Crippen LogP contribution in [-0.4, -0.2) is 36.6 Å². The molecule has 0 aromatic carbocycles. The fourth-order valence-electron chi connectivity index (χ4n) is 2.06. The smallest absolute Gasteiger partial charge is 0.0967 e. The Bertz CT molecular complexity index is 240. The van der Waals surface area contributed by atoms with Crippen LogP contribution in [0.2, 0.25) is 0 Å². The highest BCUT2D eigenvalue weighted by Gasteiger charge is 2.30. The summed E-state index contributed by atoms with van der Waals surface area (Å²) in [7, 11) is 2.17. The first kappa shape index (κ1) is 13.5. The van der Waals surface area contributed by atoms with Gasteiger partial charge in [0, 0.05) is 18.6 Å². The molecule has 92 valence electrons. The maximum Gasteiger partial charge on any atom is 0.0967 e. The Morgan fingerprint density at radius 1 is 1.38 bits per heavy atom. The summed E-state index contributed by atoms with van der Waals surface area (Å²) in [5.41, 5.74) is 0. The van der Waals surface area contributed by atoms with E-state index in [1.807, 2.05) is 0 Å². The summed E-state index contributed by atoms with van der Waals surface area (Å²) in [5.74, 6) is 0.906. The van der Waals surface area contributed by atoms with E-state index in [1.54, 1.807) is 0 Å². The molecular weight excluding hydrogens is 198 g/mol. The minimum absolute atomic E-state index is 0.00569. The third kappa shape index (κ3) is 4.51. The summed E-state index contributed by atoms with van der Waals surface area (Å²) in [6.45, 7) is 7.48. The van der Waals surface area contributed by atoms with Crippen molar-refractivity contribution in [3.05, 3.63) is 0 Å². The number of hydrogen-bond donors (Lipinski definition) is 1. The largest absolute Gasteiger partial charge is 0.303 e. The minimum Gasteiger partial charge on any atom is -0.303 e. The van der Waals surface area contributed by atoms with E-state index in [1.165, 1.54) is 12.8 Å². The molecule has 2 atom stereocenters. The van der Waals surface area contributed by atoms with Gasteiger partial charge < -0.3 is 4.90 Å². The summed E-state index contributed by atoms with van der Waals surface area (Å²) in [6.07, 6.45) is 3.69. The van der Waals surface area contributed by atoms with Gasteiger partial charge in [0.15, 0.2) is 0 Å². The van der Waals surface area contributed by atoms with Crippen LogP contribution < -0.4 is 5.32 Å². The predicted molar refractivity (Wildman–Crippen MR) is 67.1 cm³/mol. The lowest BCUT2D eigenvalue weighted by molar-refractivity contribution is 0.226. The van der Waals surface area contributed by atoms with Crippen molar-refractivity contribution in [1.29, 1.82) is 5.26 Å². The Hall–Kier alpha value is -0.590. The predicted octanol–water partition coefficient (Wildman–Crippen LogP) is 2.00. The van der Waals surface area contributed by atoms with Gasteiger partial charge in [-0.2, -0.15) is 5.26 Å². The monoisotopic (exact) mass is 223 g/mol. The SMILES string of the molecule is CC(C)NC(C#N)CCN(C)C(C)C1CC1. The van der Waals surface area contributed by atoms with Gasteiger partial charge in [-0.25, -0.2) is 0 Å². The molecule has 1 N–H and O–H groups in total. The molecule has 3 heteroatoms. The first-order chi connectivity index (χ1) is 7.54. The highest BCUT2D eigenvalue weighted by atomic mass is 15.1. The topological polar surface area (TPSA) is 39.1 Å². The highest BCUT2D eigenvalue weighted by Crippen LogP contribution is 2.34. The van der Waals surface area contributed by atoms with Gasteiger partial charge in [-0.3, -0.25) is 5.32 Å². The van der Waals surface area contributed by atoms with Crippen molar-refractivity contribution in [3.8, 4) is 6.07 Å². The molecule has 1 saturated carbocycles. The molecule has 0 heterocycles. The van der Waals surface area contributed by atoms with Crippen molar-refractivity contribution in [1.82, 2.24) is 10.2 Å². The van der Waals surface area contributed by atoms with E-state index in [9.17, 15) is 0 Å². The number of nitrogens with zero attached hydrogens (tertiary/aromatic N) is 2. The number of nitrogens with one attached hydrogen (secondary N) is 1. The molecule has 1 aliphatic carbocycles. The molecule has 0 spiro atoms. The zero-order valence-electron chi connectivity index (χ0n) is 11.0. The number of rotatable bonds is 7. The third-order valence-corrected chi connectivity index (χ3v) is 3.46. The molecule has 0 bridgehead atoms. The van der Waals surface area contributed by atoms with E-state index >= 15 is 0 Å². The molecule has 2 unspecified atom stereocenters. The molecule has 3 nitrogen and oxygen atoms in total. The normalized spacial score (nSPS) is 19.8. The molecule has 0 saturated heterocycles. The van der Waals surface area contributed by atoms with Crippen molar-refractivity contribution in [3.63, 3.8) is 0 Å². The Morgan fingerprint density at radius 3 is 2.44 bits per heavy atom. The molecule has 0 amide bonds. The Kier molecular flexibility index (Phi) is 5.24. The van der Waals surface area contributed by atoms with Gasteiger partial charge in [0.25, 0.3) is 0 Å². The Balaban J connectivity index is 2.23. The Morgan fingerprint density at radius 2 is 2.00 bits per heavy atom. The summed E-state index contributed by atoms with van der Waals surface area (Å²) in [5, 5.41) is 12.3. The standard InChI is InChI=1S/C13H25N3/c1-10(2)15-13(9-14)7-8-16(4)11(3)12-5-6-12/h10-13,15H,5-8H2,1-4H3. The number of nitriles is 1. The summed E-state index contributed by atoms with van der Waals surface area (Å²) < 4.78 is 0. The van der Waals surface area contributed by atoms with E-state index in [0.29, 0.717) is 12.1 Å². The van der Waals surface area contributed by atoms with Crippen LogP contribution >= 0.6 is 0 Å². The van der Waals surface area contributed by atoms with E-state index in [4.69, 9.17) is 5.26 Å². The average molecular weight is 223 g/mol. The molecule has 1 aliphatic rings. The first-order valence-corrected chi connectivity index (χ1v) is 6.40. The fraction of sp³-hybridized carbons (Fsp3) is 0.923. The first-order valence-electron chi connectivity index (χ1n) is 6.40.